The van der Waals surface area contributed by atoms with E-state index < -0.39 is 0 Å². The summed E-state index contributed by atoms with van der Waals surface area (Å²) in [7, 11) is 1.66. The molecule has 22 heavy (non-hydrogen) atoms. The molecule has 1 aromatic rings. The molecule has 0 aliphatic carbocycles. The SMILES string of the molecule is CNC(=O)C1CCN(C(=O)NCCc2ccccc2C)CC1. The van der Waals surface area contributed by atoms with Gasteiger partial charge in [0.15, 0.2) is 0 Å². The van der Waals surface area contributed by atoms with Gasteiger partial charge in [-0.05, 0) is 37.3 Å². The van der Waals surface area contributed by atoms with Crippen molar-refractivity contribution in [2.75, 3.05) is 26.7 Å². The highest BCUT2D eigenvalue weighted by molar-refractivity contribution is 5.79. The number of likely N-dealkylation sites (tertiary alicyclic amines) is 1. The van der Waals surface area contributed by atoms with Crippen LogP contribution in [-0.4, -0.2) is 43.5 Å². The Morgan fingerprint density at radius 3 is 2.55 bits per heavy atom. The van der Waals surface area contributed by atoms with Gasteiger partial charge in [-0.25, -0.2) is 4.79 Å². The summed E-state index contributed by atoms with van der Waals surface area (Å²) < 4.78 is 0. The number of carbonyl (C=O) groups excluding carboxylic acids is 2. The van der Waals surface area contributed by atoms with Gasteiger partial charge in [0, 0.05) is 32.6 Å². The Bertz CT molecular complexity index is 522. The molecule has 2 rings (SSSR count). The largest absolute Gasteiger partial charge is 0.359 e. The zero-order valence-electron chi connectivity index (χ0n) is 13.4. The van der Waals surface area contributed by atoms with Gasteiger partial charge in [0.05, 0.1) is 0 Å². The van der Waals surface area contributed by atoms with Crippen molar-refractivity contribution in [2.24, 2.45) is 5.92 Å². The summed E-state index contributed by atoms with van der Waals surface area (Å²) >= 11 is 0. The smallest absolute Gasteiger partial charge is 0.317 e. The molecule has 1 heterocycles. The second kappa shape index (κ2) is 7.82. The molecular formula is C17H25N3O2. The lowest BCUT2D eigenvalue weighted by Gasteiger charge is -2.31. The molecule has 0 spiro atoms. The zero-order chi connectivity index (χ0) is 15.9. The average Bonchev–Trinajstić information content (AvgIpc) is 2.56. The minimum absolute atomic E-state index is 0.0241. The Labute approximate surface area is 132 Å². The van der Waals surface area contributed by atoms with E-state index in [-0.39, 0.29) is 17.9 Å². The highest BCUT2D eigenvalue weighted by Gasteiger charge is 2.26. The van der Waals surface area contributed by atoms with Crippen molar-refractivity contribution in [2.45, 2.75) is 26.2 Å². The Morgan fingerprint density at radius 1 is 1.23 bits per heavy atom. The molecule has 120 valence electrons. The van der Waals surface area contributed by atoms with Crippen LogP contribution in [0.5, 0.6) is 0 Å². The van der Waals surface area contributed by atoms with Crippen molar-refractivity contribution in [1.82, 2.24) is 15.5 Å². The van der Waals surface area contributed by atoms with Gasteiger partial charge in [-0.2, -0.15) is 0 Å². The van der Waals surface area contributed by atoms with Crippen LogP contribution in [-0.2, 0) is 11.2 Å². The first-order valence-electron chi connectivity index (χ1n) is 7.90. The van der Waals surface area contributed by atoms with Gasteiger partial charge in [-0.1, -0.05) is 24.3 Å². The summed E-state index contributed by atoms with van der Waals surface area (Å²) in [6.07, 6.45) is 2.32. The summed E-state index contributed by atoms with van der Waals surface area (Å²) in [6, 6.07) is 8.20. The summed E-state index contributed by atoms with van der Waals surface area (Å²) in [6.45, 7) is 4.02. The number of urea groups is 1. The maximum Gasteiger partial charge on any atom is 0.317 e. The van der Waals surface area contributed by atoms with Crippen molar-refractivity contribution in [3.8, 4) is 0 Å². The maximum atomic E-state index is 12.1. The molecular weight excluding hydrogens is 278 g/mol. The molecule has 0 aromatic heterocycles. The Morgan fingerprint density at radius 2 is 1.91 bits per heavy atom. The van der Waals surface area contributed by atoms with Gasteiger partial charge in [0.1, 0.15) is 0 Å². The van der Waals surface area contributed by atoms with Gasteiger partial charge in [0.2, 0.25) is 5.91 Å². The molecule has 1 aromatic carbocycles. The number of nitrogens with zero attached hydrogens (tertiary/aromatic N) is 1. The molecule has 5 heteroatoms. The fourth-order valence-corrected chi connectivity index (χ4v) is 2.86. The molecule has 1 aliphatic heterocycles. The third kappa shape index (κ3) is 4.23. The van der Waals surface area contributed by atoms with Crippen molar-refractivity contribution >= 4 is 11.9 Å². The second-order valence-electron chi connectivity index (χ2n) is 5.78. The topological polar surface area (TPSA) is 61.4 Å². The van der Waals surface area contributed by atoms with Gasteiger partial charge in [-0.15, -0.1) is 0 Å². The molecule has 1 aliphatic rings. The standard InChI is InChI=1S/C17H25N3O2/c1-13-5-3-4-6-14(13)7-10-19-17(22)20-11-8-15(9-12-20)16(21)18-2/h3-6,15H,7-12H2,1-2H3,(H,18,21)(H,19,22). The first kappa shape index (κ1) is 16.3. The molecule has 5 nitrogen and oxygen atoms in total. The molecule has 0 radical (unpaired) electrons. The zero-order valence-corrected chi connectivity index (χ0v) is 13.4. The van der Waals surface area contributed by atoms with Crippen LogP contribution in [0.3, 0.4) is 0 Å². The van der Waals surface area contributed by atoms with Crippen molar-refractivity contribution in [3.05, 3.63) is 35.4 Å². The van der Waals surface area contributed by atoms with Crippen LogP contribution >= 0.6 is 0 Å². The number of nitrogens with one attached hydrogen (secondary N) is 2. The van der Waals surface area contributed by atoms with E-state index in [1.165, 1.54) is 11.1 Å². The summed E-state index contributed by atoms with van der Waals surface area (Å²) in [5, 5.41) is 5.65. The molecule has 1 fully saturated rings. The Hall–Kier alpha value is -2.04. The molecule has 2 N–H and O–H groups in total. The minimum Gasteiger partial charge on any atom is -0.359 e. The number of amides is 3. The number of carbonyl (C=O) groups is 2. The van der Waals surface area contributed by atoms with E-state index >= 15 is 0 Å². The molecule has 3 amide bonds. The number of hydrogen-bond acceptors (Lipinski definition) is 2. The lowest BCUT2D eigenvalue weighted by molar-refractivity contribution is -0.125. The van der Waals surface area contributed by atoms with Gasteiger partial charge in [0.25, 0.3) is 0 Å². The molecule has 0 atom stereocenters. The second-order valence-corrected chi connectivity index (χ2v) is 5.78. The number of hydrogen-bond donors (Lipinski definition) is 2. The average molecular weight is 303 g/mol. The van der Waals surface area contributed by atoms with Crippen LogP contribution in [0.4, 0.5) is 4.79 Å². The van der Waals surface area contributed by atoms with Gasteiger partial charge in [-0.3, -0.25) is 4.79 Å². The van der Waals surface area contributed by atoms with E-state index in [0.29, 0.717) is 19.6 Å². The monoisotopic (exact) mass is 303 g/mol. The third-order valence-corrected chi connectivity index (χ3v) is 4.33. The predicted octanol–water partition coefficient (Wildman–Crippen LogP) is 1.71. The van der Waals surface area contributed by atoms with Gasteiger partial charge < -0.3 is 15.5 Å². The van der Waals surface area contributed by atoms with E-state index in [9.17, 15) is 9.59 Å². The fourth-order valence-electron chi connectivity index (χ4n) is 2.86. The lowest BCUT2D eigenvalue weighted by Crippen LogP contribution is -2.47. The molecule has 0 bridgehead atoms. The normalized spacial score (nSPS) is 15.5. The van der Waals surface area contributed by atoms with Crippen molar-refractivity contribution < 1.29 is 9.59 Å². The third-order valence-electron chi connectivity index (χ3n) is 4.33. The van der Waals surface area contributed by atoms with Crippen LogP contribution in [0.2, 0.25) is 0 Å². The lowest BCUT2D eigenvalue weighted by atomic mass is 9.96. The first-order chi connectivity index (χ1) is 10.6. The van der Waals surface area contributed by atoms with Crippen LogP contribution in [0.1, 0.15) is 24.0 Å². The van der Waals surface area contributed by atoms with Crippen molar-refractivity contribution in [1.29, 1.82) is 0 Å². The molecule has 0 saturated carbocycles. The number of rotatable bonds is 4. The number of benzene rings is 1. The minimum atomic E-state index is -0.0241. The first-order valence-corrected chi connectivity index (χ1v) is 7.90. The number of aryl methyl sites for hydroxylation is 1. The molecule has 0 unspecified atom stereocenters. The number of piperidine rings is 1. The van der Waals surface area contributed by atoms with Crippen LogP contribution in [0, 0.1) is 12.8 Å². The van der Waals surface area contributed by atoms with E-state index in [1.807, 2.05) is 12.1 Å². The van der Waals surface area contributed by atoms with Crippen molar-refractivity contribution in [3.63, 3.8) is 0 Å². The van der Waals surface area contributed by atoms with Crippen LogP contribution < -0.4 is 10.6 Å². The van der Waals surface area contributed by atoms with Gasteiger partial charge >= 0.3 is 6.03 Å². The molecule has 1 saturated heterocycles. The van der Waals surface area contributed by atoms with E-state index in [1.54, 1.807) is 11.9 Å². The Kier molecular flexibility index (Phi) is 5.81. The van der Waals surface area contributed by atoms with E-state index in [0.717, 1.165) is 19.3 Å². The Balaban J connectivity index is 1.72. The quantitative estimate of drug-likeness (QED) is 0.889. The highest BCUT2D eigenvalue weighted by atomic mass is 16.2. The summed E-state index contributed by atoms with van der Waals surface area (Å²) in [5.74, 6) is 0.126. The summed E-state index contributed by atoms with van der Waals surface area (Å²) in [4.78, 5) is 25.5. The van der Waals surface area contributed by atoms with Crippen LogP contribution in [0.25, 0.3) is 0 Å². The fraction of sp³-hybridized carbons (Fsp3) is 0.529. The highest BCUT2D eigenvalue weighted by Crippen LogP contribution is 2.17. The predicted molar refractivity (Wildman–Crippen MR) is 86.6 cm³/mol. The maximum absolute atomic E-state index is 12.1. The van der Waals surface area contributed by atoms with E-state index in [2.05, 4.69) is 29.7 Å². The van der Waals surface area contributed by atoms with Crippen LogP contribution in [0.15, 0.2) is 24.3 Å². The summed E-state index contributed by atoms with van der Waals surface area (Å²) in [5.41, 5.74) is 2.52. The van der Waals surface area contributed by atoms with E-state index in [4.69, 9.17) is 0 Å².